The molecular formula is C14H27N3O4. The number of urea groups is 1. The molecule has 1 atom stereocenters. The smallest absolute Gasteiger partial charge is 0.329 e. The van der Waals surface area contributed by atoms with E-state index in [9.17, 15) is 14.4 Å². The van der Waals surface area contributed by atoms with Crippen molar-refractivity contribution in [3.63, 3.8) is 0 Å². The van der Waals surface area contributed by atoms with Crippen molar-refractivity contribution in [2.24, 2.45) is 0 Å². The Morgan fingerprint density at radius 1 is 1.05 bits per heavy atom. The fraction of sp³-hybridized carbons (Fsp3) is 0.786. The molecule has 0 aliphatic carbocycles. The monoisotopic (exact) mass is 301 g/mol. The topological polar surface area (TPSA) is 108 Å². The lowest BCUT2D eigenvalue weighted by Crippen LogP contribution is -2.55. The van der Waals surface area contributed by atoms with Gasteiger partial charge in [-0.2, -0.15) is 0 Å². The minimum atomic E-state index is -1.30. The van der Waals surface area contributed by atoms with E-state index in [1.54, 1.807) is 0 Å². The fourth-order valence-corrected chi connectivity index (χ4v) is 1.79. The van der Waals surface area contributed by atoms with Crippen molar-refractivity contribution >= 4 is 17.9 Å². The maximum Gasteiger partial charge on any atom is 0.329 e. The molecule has 21 heavy (non-hydrogen) atoms. The molecule has 0 rings (SSSR count). The summed E-state index contributed by atoms with van der Waals surface area (Å²) in [5, 5.41) is 16.9. The van der Waals surface area contributed by atoms with E-state index in [-0.39, 0.29) is 24.4 Å². The van der Waals surface area contributed by atoms with Gasteiger partial charge in [0, 0.05) is 18.5 Å². The van der Waals surface area contributed by atoms with E-state index < -0.39 is 17.5 Å². The SMILES string of the molecule is CCCC(C)(NC(=O)NCCC(=O)NC(C)(C)C)C(=O)O. The Kier molecular flexibility index (Phi) is 7.18. The third-order valence-corrected chi connectivity index (χ3v) is 2.76. The third-order valence-electron chi connectivity index (χ3n) is 2.76. The van der Waals surface area contributed by atoms with Gasteiger partial charge in [0.15, 0.2) is 0 Å². The van der Waals surface area contributed by atoms with Crippen molar-refractivity contribution < 1.29 is 19.5 Å². The van der Waals surface area contributed by atoms with Crippen molar-refractivity contribution in [3.05, 3.63) is 0 Å². The van der Waals surface area contributed by atoms with Crippen LogP contribution in [0.3, 0.4) is 0 Å². The minimum absolute atomic E-state index is 0.141. The van der Waals surface area contributed by atoms with Crippen LogP contribution < -0.4 is 16.0 Å². The van der Waals surface area contributed by atoms with Crippen LogP contribution in [0, 0.1) is 0 Å². The van der Waals surface area contributed by atoms with Crippen LogP contribution in [0.5, 0.6) is 0 Å². The van der Waals surface area contributed by atoms with Crippen LogP contribution in [0.4, 0.5) is 4.79 Å². The summed E-state index contributed by atoms with van der Waals surface area (Å²) in [7, 11) is 0. The Hall–Kier alpha value is -1.79. The van der Waals surface area contributed by atoms with Crippen molar-refractivity contribution in [2.45, 2.75) is 65.0 Å². The molecule has 0 aromatic carbocycles. The molecule has 0 aromatic heterocycles. The highest BCUT2D eigenvalue weighted by Crippen LogP contribution is 2.12. The first-order chi connectivity index (χ1) is 9.50. The largest absolute Gasteiger partial charge is 0.480 e. The maximum absolute atomic E-state index is 11.7. The highest BCUT2D eigenvalue weighted by molar-refractivity contribution is 5.86. The first-order valence-electron chi connectivity index (χ1n) is 7.10. The van der Waals surface area contributed by atoms with Crippen LogP contribution in [0.15, 0.2) is 0 Å². The van der Waals surface area contributed by atoms with Crippen molar-refractivity contribution in [1.29, 1.82) is 0 Å². The number of hydrogen-bond donors (Lipinski definition) is 4. The normalized spacial score (nSPS) is 14.0. The molecule has 1 unspecified atom stereocenters. The molecule has 7 nitrogen and oxygen atoms in total. The molecule has 0 saturated carbocycles. The van der Waals surface area contributed by atoms with Gasteiger partial charge in [0.1, 0.15) is 5.54 Å². The quantitative estimate of drug-likeness (QED) is 0.567. The van der Waals surface area contributed by atoms with Gasteiger partial charge < -0.3 is 21.1 Å². The summed E-state index contributed by atoms with van der Waals surface area (Å²) in [6.45, 7) is 9.06. The van der Waals surface area contributed by atoms with Crippen molar-refractivity contribution in [1.82, 2.24) is 16.0 Å². The number of nitrogens with one attached hydrogen (secondary N) is 3. The molecule has 0 spiro atoms. The van der Waals surface area contributed by atoms with Crippen LogP contribution >= 0.6 is 0 Å². The van der Waals surface area contributed by atoms with Crippen molar-refractivity contribution in [3.8, 4) is 0 Å². The first-order valence-corrected chi connectivity index (χ1v) is 7.10. The molecule has 0 heterocycles. The molecule has 0 aliphatic heterocycles. The van der Waals surface area contributed by atoms with Gasteiger partial charge >= 0.3 is 12.0 Å². The Morgan fingerprint density at radius 2 is 1.62 bits per heavy atom. The third kappa shape index (κ3) is 8.16. The predicted octanol–water partition coefficient (Wildman–Crippen LogP) is 1.23. The van der Waals surface area contributed by atoms with E-state index in [2.05, 4.69) is 16.0 Å². The summed E-state index contributed by atoms with van der Waals surface area (Å²) in [5.41, 5.74) is -1.62. The second-order valence-electron chi connectivity index (χ2n) is 6.32. The molecule has 4 N–H and O–H groups in total. The summed E-state index contributed by atoms with van der Waals surface area (Å²) >= 11 is 0. The van der Waals surface area contributed by atoms with Crippen LogP contribution in [-0.2, 0) is 9.59 Å². The number of carboxylic acid groups (broad SMARTS) is 1. The van der Waals surface area contributed by atoms with E-state index in [0.29, 0.717) is 12.8 Å². The van der Waals surface area contributed by atoms with E-state index in [4.69, 9.17) is 5.11 Å². The molecule has 0 aliphatic rings. The molecule has 0 saturated heterocycles. The van der Waals surface area contributed by atoms with Crippen LogP contribution in [0.25, 0.3) is 0 Å². The molecule has 122 valence electrons. The van der Waals surface area contributed by atoms with Gasteiger partial charge in [-0.05, 0) is 34.1 Å². The molecule has 7 heteroatoms. The van der Waals surface area contributed by atoms with Gasteiger partial charge in [-0.15, -0.1) is 0 Å². The van der Waals surface area contributed by atoms with E-state index in [1.807, 2.05) is 27.7 Å². The number of aliphatic carboxylic acids is 1. The predicted molar refractivity (Wildman–Crippen MR) is 80.0 cm³/mol. The number of carbonyl (C=O) groups is 3. The lowest BCUT2D eigenvalue weighted by Gasteiger charge is -2.26. The number of carboxylic acids is 1. The Morgan fingerprint density at radius 3 is 2.05 bits per heavy atom. The molecule has 0 bridgehead atoms. The summed E-state index contributed by atoms with van der Waals surface area (Å²) in [5.74, 6) is -1.25. The summed E-state index contributed by atoms with van der Waals surface area (Å²) in [6.07, 6.45) is 1.11. The van der Waals surface area contributed by atoms with Crippen LogP contribution in [0.2, 0.25) is 0 Å². The van der Waals surface area contributed by atoms with Gasteiger partial charge in [0.2, 0.25) is 5.91 Å². The number of amides is 3. The average Bonchev–Trinajstić information content (AvgIpc) is 2.26. The van der Waals surface area contributed by atoms with Crippen LogP contribution in [-0.4, -0.2) is 40.6 Å². The lowest BCUT2D eigenvalue weighted by atomic mass is 9.97. The average molecular weight is 301 g/mol. The maximum atomic E-state index is 11.7. The number of rotatable bonds is 7. The fourth-order valence-electron chi connectivity index (χ4n) is 1.79. The van der Waals surface area contributed by atoms with Gasteiger partial charge in [-0.3, -0.25) is 4.79 Å². The molecular weight excluding hydrogens is 274 g/mol. The summed E-state index contributed by atoms with van der Waals surface area (Å²) < 4.78 is 0. The van der Waals surface area contributed by atoms with E-state index in [0.717, 1.165) is 0 Å². The number of carbonyl (C=O) groups excluding carboxylic acids is 2. The molecule has 0 radical (unpaired) electrons. The highest BCUT2D eigenvalue weighted by Gasteiger charge is 2.33. The summed E-state index contributed by atoms with van der Waals surface area (Å²) in [4.78, 5) is 34.4. The van der Waals surface area contributed by atoms with Crippen LogP contribution in [0.1, 0.15) is 53.9 Å². The minimum Gasteiger partial charge on any atom is -0.480 e. The summed E-state index contributed by atoms with van der Waals surface area (Å²) in [6, 6.07) is -0.586. The highest BCUT2D eigenvalue weighted by atomic mass is 16.4. The Labute approximate surface area is 125 Å². The Balaban J connectivity index is 4.21. The van der Waals surface area contributed by atoms with E-state index >= 15 is 0 Å². The molecule has 0 aromatic rings. The zero-order valence-corrected chi connectivity index (χ0v) is 13.5. The van der Waals surface area contributed by atoms with E-state index in [1.165, 1.54) is 6.92 Å². The zero-order chi connectivity index (χ0) is 16.7. The number of hydrogen-bond acceptors (Lipinski definition) is 3. The molecule has 0 fully saturated rings. The zero-order valence-electron chi connectivity index (χ0n) is 13.5. The van der Waals surface area contributed by atoms with Gasteiger partial charge in [-0.1, -0.05) is 13.3 Å². The Bertz CT molecular complexity index is 390. The first kappa shape index (κ1) is 19.2. The second-order valence-corrected chi connectivity index (χ2v) is 6.32. The van der Waals surface area contributed by atoms with Gasteiger partial charge in [-0.25, -0.2) is 9.59 Å². The van der Waals surface area contributed by atoms with Gasteiger partial charge in [0.25, 0.3) is 0 Å². The second kappa shape index (κ2) is 7.85. The standard InChI is InChI=1S/C14H27N3O4/c1-6-8-14(5,11(19)20)17-12(21)15-9-7-10(18)16-13(2,3)4/h6-9H2,1-5H3,(H,16,18)(H,19,20)(H2,15,17,21). The van der Waals surface area contributed by atoms with Gasteiger partial charge in [0.05, 0.1) is 0 Å². The van der Waals surface area contributed by atoms with Crippen molar-refractivity contribution in [2.75, 3.05) is 6.54 Å². The lowest BCUT2D eigenvalue weighted by molar-refractivity contribution is -0.144. The molecule has 3 amide bonds.